The van der Waals surface area contributed by atoms with E-state index in [1.54, 1.807) is 48.5 Å². The molecule has 1 unspecified atom stereocenters. The van der Waals surface area contributed by atoms with E-state index in [9.17, 15) is 19.2 Å². The lowest BCUT2D eigenvalue weighted by molar-refractivity contribution is -0.127. The zero-order chi connectivity index (χ0) is 27.1. The normalized spacial score (nSPS) is 14.4. The molecular formula is C30H32N2O5S. The van der Waals surface area contributed by atoms with E-state index >= 15 is 0 Å². The number of esters is 1. The number of ether oxygens (including phenoxy) is 1. The molecule has 1 aliphatic rings. The summed E-state index contributed by atoms with van der Waals surface area (Å²) in [6.07, 6.45) is 5.18. The Labute approximate surface area is 226 Å². The summed E-state index contributed by atoms with van der Waals surface area (Å²) >= 11 is 1.48. The fraction of sp³-hybridized carbons (Fsp3) is 0.333. The number of methoxy groups -OCH3 is 1. The highest BCUT2D eigenvalue weighted by atomic mass is 32.1. The average molecular weight is 533 g/mol. The lowest BCUT2D eigenvalue weighted by Gasteiger charge is -2.33. The number of ketones is 1. The molecule has 0 bridgehead atoms. The Bertz CT molecular complexity index is 1260. The minimum absolute atomic E-state index is 0.0439. The SMILES string of the molecule is COC(=O)c1ccc(C(C(=O)NC2CCCCC2)N(C(=O)Cc2cccs2)c2ccc(C(C)=O)cc2)cc1. The van der Waals surface area contributed by atoms with Gasteiger partial charge < -0.3 is 10.1 Å². The van der Waals surface area contributed by atoms with Gasteiger partial charge in [0.2, 0.25) is 11.8 Å². The van der Waals surface area contributed by atoms with Gasteiger partial charge in [0, 0.05) is 22.2 Å². The van der Waals surface area contributed by atoms with Gasteiger partial charge in [-0.2, -0.15) is 0 Å². The zero-order valence-corrected chi connectivity index (χ0v) is 22.5. The molecule has 1 atom stereocenters. The standard InChI is InChI=1S/C30H32N2O5S/c1-20(33)21-14-16-25(17-15-21)32(27(34)19-26-9-6-18-38-26)28(29(35)31-24-7-4-3-5-8-24)22-10-12-23(13-11-22)30(36)37-2/h6,9-18,24,28H,3-5,7-8,19H2,1-2H3,(H,31,35). The second-order valence-corrected chi connectivity index (χ2v) is 10.5. The minimum Gasteiger partial charge on any atom is -0.465 e. The number of nitrogens with one attached hydrogen (secondary N) is 1. The molecule has 1 saturated carbocycles. The van der Waals surface area contributed by atoms with Crippen molar-refractivity contribution in [2.75, 3.05) is 12.0 Å². The topological polar surface area (TPSA) is 92.8 Å². The molecule has 0 spiro atoms. The maximum Gasteiger partial charge on any atom is 0.337 e. The van der Waals surface area contributed by atoms with Gasteiger partial charge in [-0.15, -0.1) is 11.3 Å². The first-order valence-corrected chi connectivity index (χ1v) is 13.7. The molecule has 4 rings (SSSR count). The Morgan fingerprint density at radius 3 is 2.18 bits per heavy atom. The van der Waals surface area contributed by atoms with Gasteiger partial charge in [-0.1, -0.05) is 37.5 Å². The number of hydrogen-bond donors (Lipinski definition) is 1. The Hall–Kier alpha value is -3.78. The van der Waals surface area contributed by atoms with Crippen molar-refractivity contribution >= 4 is 40.6 Å². The van der Waals surface area contributed by atoms with Gasteiger partial charge in [0.15, 0.2) is 5.78 Å². The molecule has 3 aromatic rings. The van der Waals surface area contributed by atoms with E-state index in [1.807, 2.05) is 17.5 Å². The number of thiophene rings is 1. The number of carbonyl (C=O) groups is 4. The molecular weight excluding hydrogens is 500 g/mol. The van der Waals surface area contributed by atoms with Crippen LogP contribution >= 0.6 is 11.3 Å². The van der Waals surface area contributed by atoms with Crippen LogP contribution < -0.4 is 10.2 Å². The lowest BCUT2D eigenvalue weighted by atomic mass is 9.94. The summed E-state index contributed by atoms with van der Waals surface area (Å²) in [6, 6.07) is 16.2. The highest BCUT2D eigenvalue weighted by Gasteiger charge is 2.34. The monoisotopic (exact) mass is 532 g/mol. The quantitative estimate of drug-likeness (QED) is 0.290. The van der Waals surface area contributed by atoms with Crippen LogP contribution in [-0.2, 0) is 20.7 Å². The lowest BCUT2D eigenvalue weighted by Crippen LogP contribution is -2.47. The number of amides is 2. The van der Waals surface area contributed by atoms with Crippen LogP contribution in [0.5, 0.6) is 0 Å². The van der Waals surface area contributed by atoms with Crippen molar-refractivity contribution in [2.24, 2.45) is 0 Å². The van der Waals surface area contributed by atoms with Crippen LogP contribution in [0.2, 0.25) is 0 Å². The van der Waals surface area contributed by atoms with Crippen molar-refractivity contribution in [1.82, 2.24) is 5.32 Å². The third-order valence-electron chi connectivity index (χ3n) is 6.83. The van der Waals surface area contributed by atoms with Crippen molar-refractivity contribution in [1.29, 1.82) is 0 Å². The molecule has 2 amide bonds. The first-order chi connectivity index (χ1) is 18.4. The van der Waals surface area contributed by atoms with Crippen molar-refractivity contribution in [3.8, 4) is 0 Å². The fourth-order valence-corrected chi connectivity index (χ4v) is 5.50. The average Bonchev–Trinajstić information content (AvgIpc) is 3.45. The molecule has 0 aliphatic heterocycles. The van der Waals surface area contributed by atoms with Crippen LogP contribution in [0.3, 0.4) is 0 Å². The molecule has 0 radical (unpaired) electrons. The molecule has 1 aliphatic carbocycles. The predicted molar refractivity (Wildman–Crippen MR) is 147 cm³/mol. The number of anilines is 1. The van der Waals surface area contributed by atoms with Gasteiger partial charge >= 0.3 is 5.97 Å². The Kier molecular flexibility index (Phi) is 9.07. The first-order valence-electron chi connectivity index (χ1n) is 12.8. The Balaban J connectivity index is 1.77. The minimum atomic E-state index is -0.973. The molecule has 2 aromatic carbocycles. The second-order valence-electron chi connectivity index (χ2n) is 9.48. The van der Waals surface area contributed by atoms with E-state index < -0.39 is 12.0 Å². The van der Waals surface area contributed by atoms with Crippen LogP contribution in [0.4, 0.5) is 5.69 Å². The molecule has 1 heterocycles. The van der Waals surface area contributed by atoms with E-state index in [4.69, 9.17) is 4.74 Å². The van der Waals surface area contributed by atoms with Gasteiger partial charge in [0.1, 0.15) is 6.04 Å². The summed E-state index contributed by atoms with van der Waals surface area (Å²) in [6.45, 7) is 1.48. The van der Waals surface area contributed by atoms with Gasteiger partial charge in [0.25, 0.3) is 0 Å². The third-order valence-corrected chi connectivity index (χ3v) is 7.71. The van der Waals surface area contributed by atoms with Gasteiger partial charge in [-0.25, -0.2) is 4.79 Å². The molecule has 198 valence electrons. The van der Waals surface area contributed by atoms with E-state index in [-0.39, 0.29) is 30.1 Å². The number of rotatable bonds is 9. The summed E-state index contributed by atoms with van der Waals surface area (Å²) < 4.78 is 4.82. The predicted octanol–water partition coefficient (Wildman–Crippen LogP) is 5.50. The Morgan fingerprint density at radius 2 is 1.61 bits per heavy atom. The highest BCUT2D eigenvalue weighted by molar-refractivity contribution is 7.10. The highest BCUT2D eigenvalue weighted by Crippen LogP contribution is 2.31. The third kappa shape index (κ3) is 6.55. The van der Waals surface area contributed by atoms with Crippen LogP contribution in [-0.4, -0.2) is 36.7 Å². The maximum atomic E-state index is 13.9. The number of benzene rings is 2. The first kappa shape index (κ1) is 27.3. The fourth-order valence-electron chi connectivity index (χ4n) is 4.81. The summed E-state index contributed by atoms with van der Waals surface area (Å²) in [7, 11) is 1.31. The molecule has 38 heavy (non-hydrogen) atoms. The van der Waals surface area contributed by atoms with Crippen molar-refractivity contribution in [3.63, 3.8) is 0 Å². The van der Waals surface area contributed by atoms with E-state index in [2.05, 4.69) is 5.32 Å². The molecule has 1 N–H and O–H groups in total. The summed E-state index contributed by atoms with van der Waals surface area (Å²) in [5.74, 6) is -1.09. The molecule has 1 aromatic heterocycles. The van der Waals surface area contributed by atoms with Gasteiger partial charge in [-0.05, 0) is 73.2 Å². The van der Waals surface area contributed by atoms with Crippen molar-refractivity contribution < 1.29 is 23.9 Å². The van der Waals surface area contributed by atoms with Gasteiger partial charge in [-0.3, -0.25) is 19.3 Å². The molecule has 1 fully saturated rings. The summed E-state index contributed by atoms with van der Waals surface area (Å²) in [5.41, 5.74) is 1.95. The number of hydrogen-bond acceptors (Lipinski definition) is 6. The van der Waals surface area contributed by atoms with Crippen molar-refractivity contribution in [2.45, 2.75) is 57.5 Å². The molecule has 7 nitrogen and oxygen atoms in total. The number of Topliss-reactive ketones (excluding diaryl/α,β-unsaturated/α-hetero) is 1. The van der Waals surface area contributed by atoms with E-state index in [1.165, 1.54) is 30.3 Å². The Morgan fingerprint density at radius 1 is 0.947 bits per heavy atom. The summed E-state index contributed by atoms with van der Waals surface area (Å²) in [4.78, 5) is 54.1. The van der Waals surface area contributed by atoms with E-state index in [0.717, 1.165) is 37.0 Å². The maximum absolute atomic E-state index is 13.9. The van der Waals surface area contributed by atoms with E-state index in [0.29, 0.717) is 22.4 Å². The smallest absolute Gasteiger partial charge is 0.337 e. The largest absolute Gasteiger partial charge is 0.465 e. The van der Waals surface area contributed by atoms with Crippen molar-refractivity contribution in [3.05, 3.63) is 87.6 Å². The van der Waals surface area contributed by atoms with Crippen LogP contribution in [0.15, 0.2) is 66.0 Å². The molecule has 8 heteroatoms. The summed E-state index contributed by atoms with van der Waals surface area (Å²) in [5, 5.41) is 5.09. The number of carbonyl (C=O) groups excluding carboxylic acids is 4. The zero-order valence-electron chi connectivity index (χ0n) is 21.6. The van der Waals surface area contributed by atoms with Crippen LogP contribution in [0, 0.1) is 0 Å². The van der Waals surface area contributed by atoms with Crippen LogP contribution in [0.1, 0.15) is 76.2 Å². The molecule has 0 saturated heterocycles. The number of nitrogens with zero attached hydrogens (tertiary/aromatic N) is 1. The van der Waals surface area contributed by atoms with Crippen LogP contribution in [0.25, 0.3) is 0 Å². The van der Waals surface area contributed by atoms with Gasteiger partial charge in [0.05, 0.1) is 19.1 Å². The second kappa shape index (κ2) is 12.6.